The molecule has 0 aliphatic rings. The van der Waals surface area contributed by atoms with Crippen molar-refractivity contribution in [3.05, 3.63) is 51.0 Å². The summed E-state index contributed by atoms with van der Waals surface area (Å²) in [5, 5.41) is 17.1. The van der Waals surface area contributed by atoms with Crippen molar-refractivity contribution < 1.29 is 19.2 Å². The van der Waals surface area contributed by atoms with Gasteiger partial charge >= 0.3 is 5.69 Å². The number of hydrogen-bond donors (Lipinski definition) is 2. The van der Waals surface area contributed by atoms with Gasteiger partial charge in [-0.25, -0.2) is 0 Å². The average molecular weight is 380 g/mol. The van der Waals surface area contributed by atoms with Gasteiger partial charge in [-0.1, -0.05) is 11.6 Å². The van der Waals surface area contributed by atoms with Crippen molar-refractivity contribution in [1.29, 1.82) is 0 Å². The van der Waals surface area contributed by atoms with Crippen molar-refractivity contribution >= 4 is 34.6 Å². The van der Waals surface area contributed by atoms with Crippen LogP contribution in [0.5, 0.6) is 11.5 Å². The van der Waals surface area contributed by atoms with E-state index in [4.69, 9.17) is 21.1 Å². The van der Waals surface area contributed by atoms with Gasteiger partial charge in [0.1, 0.15) is 5.75 Å². The second kappa shape index (κ2) is 8.39. The summed E-state index contributed by atoms with van der Waals surface area (Å²) in [6, 6.07) is 7.85. The Labute approximate surface area is 155 Å². The predicted octanol–water partition coefficient (Wildman–Crippen LogP) is 3.62. The highest BCUT2D eigenvalue weighted by molar-refractivity contribution is 6.32. The highest BCUT2D eigenvalue weighted by atomic mass is 35.5. The molecule has 0 bridgehead atoms. The van der Waals surface area contributed by atoms with Crippen LogP contribution in [0.15, 0.2) is 30.3 Å². The van der Waals surface area contributed by atoms with Crippen LogP contribution in [0.25, 0.3) is 0 Å². The Morgan fingerprint density at radius 3 is 2.46 bits per heavy atom. The first-order valence-electron chi connectivity index (χ1n) is 7.56. The maximum Gasteiger partial charge on any atom is 0.311 e. The second-order valence-electron chi connectivity index (χ2n) is 5.35. The molecule has 1 amide bonds. The van der Waals surface area contributed by atoms with E-state index in [0.717, 1.165) is 0 Å². The van der Waals surface area contributed by atoms with E-state index in [-0.39, 0.29) is 23.9 Å². The molecule has 8 nitrogen and oxygen atoms in total. The Balaban J connectivity index is 2.06. The van der Waals surface area contributed by atoms with Crippen LogP contribution in [0.4, 0.5) is 17.1 Å². The van der Waals surface area contributed by atoms with Crippen LogP contribution >= 0.6 is 11.6 Å². The Morgan fingerprint density at radius 2 is 1.88 bits per heavy atom. The molecule has 2 rings (SSSR count). The molecule has 0 aromatic heterocycles. The second-order valence-corrected chi connectivity index (χ2v) is 5.75. The Kier molecular flexibility index (Phi) is 6.24. The molecule has 2 aromatic carbocycles. The minimum Gasteiger partial charge on any atom is -0.495 e. The third-order valence-electron chi connectivity index (χ3n) is 3.60. The number of nitro benzene ring substituents is 1. The summed E-state index contributed by atoms with van der Waals surface area (Å²) in [6.45, 7) is 1.65. The lowest BCUT2D eigenvalue weighted by Gasteiger charge is -2.12. The van der Waals surface area contributed by atoms with Gasteiger partial charge in [-0.05, 0) is 30.7 Å². The van der Waals surface area contributed by atoms with E-state index >= 15 is 0 Å². The largest absolute Gasteiger partial charge is 0.495 e. The fourth-order valence-electron chi connectivity index (χ4n) is 2.27. The van der Waals surface area contributed by atoms with Gasteiger partial charge < -0.3 is 20.1 Å². The van der Waals surface area contributed by atoms with Gasteiger partial charge in [0.05, 0.1) is 30.7 Å². The molecule has 0 unspecified atom stereocenters. The van der Waals surface area contributed by atoms with Crippen LogP contribution < -0.4 is 20.1 Å². The molecule has 0 spiro atoms. The molecule has 0 fully saturated rings. The molecule has 0 atom stereocenters. The molecular weight excluding hydrogens is 362 g/mol. The van der Waals surface area contributed by atoms with Crippen molar-refractivity contribution in [2.45, 2.75) is 6.92 Å². The highest BCUT2D eigenvalue weighted by Crippen LogP contribution is 2.32. The van der Waals surface area contributed by atoms with Gasteiger partial charge in [-0.15, -0.1) is 0 Å². The number of ether oxygens (including phenoxy) is 2. The fraction of sp³-hybridized carbons (Fsp3) is 0.235. The number of rotatable bonds is 7. The van der Waals surface area contributed by atoms with Gasteiger partial charge in [0.2, 0.25) is 5.91 Å². The molecule has 26 heavy (non-hydrogen) atoms. The number of halogens is 1. The van der Waals surface area contributed by atoms with Crippen LogP contribution in [-0.2, 0) is 4.79 Å². The topological polar surface area (TPSA) is 103 Å². The SMILES string of the molecule is COc1ccc(NCC(=O)Nc2cc(OC)c([N+](=O)[O-])cc2C)cc1Cl. The number of carbonyl (C=O) groups is 1. The Hall–Kier alpha value is -3.00. The molecule has 2 aromatic rings. The molecule has 0 saturated carbocycles. The monoisotopic (exact) mass is 379 g/mol. The number of hydrogen-bond acceptors (Lipinski definition) is 6. The molecule has 9 heteroatoms. The zero-order chi connectivity index (χ0) is 19.3. The number of amides is 1. The number of methoxy groups -OCH3 is 2. The minimum absolute atomic E-state index is 0.0125. The smallest absolute Gasteiger partial charge is 0.311 e. The third kappa shape index (κ3) is 4.54. The lowest BCUT2D eigenvalue weighted by Crippen LogP contribution is -2.22. The molecular formula is C17H18ClN3O5. The first-order valence-corrected chi connectivity index (χ1v) is 7.93. The van der Waals surface area contributed by atoms with Gasteiger partial charge in [-0.2, -0.15) is 0 Å². The molecule has 0 radical (unpaired) electrons. The Morgan fingerprint density at radius 1 is 1.19 bits per heavy atom. The summed E-state index contributed by atoms with van der Waals surface area (Å²) < 4.78 is 10.1. The van der Waals surface area contributed by atoms with Crippen LogP contribution in [0.1, 0.15) is 5.56 Å². The van der Waals surface area contributed by atoms with E-state index in [1.54, 1.807) is 25.1 Å². The number of nitro groups is 1. The van der Waals surface area contributed by atoms with E-state index in [1.165, 1.54) is 26.4 Å². The Bertz CT molecular complexity index is 841. The van der Waals surface area contributed by atoms with E-state index in [2.05, 4.69) is 10.6 Å². The summed E-state index contributed by atoms with van der Waals surface area (Å²) >= 11 is 6.03. The zero-order valence-corrected chi connectivity index (χ0v) is 15.2. The minimum atomic E-state index is -0.535. The van der Waals surface area contributed by atoms with E-state index in [1.807, 2.05) is 0 Å². The molecule has 0 saturated heterocycles. The molecule has 138 valence electrons. The van der Waals surface area contributed by atoms with Gasteiger partial charge in [0.25, 0.3) is 0 Å². The summed E-state index contributed by atoms with van der Waals surface area (Å²) in [4.78, 5) is 22.6. The maximum atomic E-state index is 12.2. The van der Waals surface area contributed by atoms with Crippen molar-refractivity contribution in [3.8, 4) is 11.5 Å². The van der Waals surface area contributed by atoms with Gasteiger partial charge in [-0.3, -0.25) is 14.9 Å². The maximum absolute atomic E-state index is 12.2. The standard InChI is InChI=1S/C17H18ClN3O5/c1-10-6-14(21(23)24)16(26-3)8-13(10)20-17(22)9-19-11-4-5-15(25-2)12(18)7-11/h4-8,19H,9H2,1-3H3,(H,20,22). The predicted molar refractivity (Wildman–Crippen MR) is 99.5 cm³/mol. The molecule has 0 aliphatic carbocycles. The number of benzene rings is 2. The first kappa shape index (κ1) is 19.3. The summed E-state index contributed by atoms with van der Waals surface area (Å²) in [5.41, 5.74) is 1.49. The van der Waals surface area contributed by atoms with Crippen molar-refractivity contribution in [2.75, 3.05) is 31.4 Å². The molecule has 2 N–H and O–H groups in total. The molecule has 0 aliphatic heterocycles. The summed E-state index contributed by atoms with van der Waals surface area (Å²) in [5.74, 6) is 0.289. The van der Waals surface area contributed by atoms with Crippen LogP contribution in [0, 0.1) is 17.0 Å². The third-order valence-corrected chi connectivity index (χ3v) is 3.90. The summed E-state index contributed by atoms with van der Waals surface area (Å²) in [7, 11) is 2.85. The fourth-order valence-corrected chi connectivity index (χ4v) is 2.52. The number of anilines is 2. The quantitative estimate of drug-likeness (QED) is 0.562. The lowest BCUT2D eigenvalue weighted by atomic mass is 10.1. The van der Waals surface area contributed by atoms with Gasteiger partial charge in [0.15, 0.2) is 5.75 Å². The number of carbonyl (C=O) groups excluding carboxylic acids is 1. The van der Waals surface area contributed by atoms with E-state index in [0.29, 0.717) is 27.7 Å². The van der Waals surface area contributed by atoms with Crippen molar-refractivity contribution in [1.82, 2.24) is 0 Å². The zero-order valence-electron chi connectivity index (χ0n) is 14.5. The molecule has 0 heterocycles. The van der Waals surface area contributed by atoms with Crippen LogP contribution in [0.3, 0.4) is 0 Å². The number of nitrogens with zero attached hydrogens (tertiary/aromatic N) is 1. The normalized spacial score (nSPS) is 10.2. The highest BCUT2D eigenvalue weighted by Gasteiger charge is 2.18. The number of aryl methyl sites for hydroxylation is 1. The van der Waals surface area contributed by atoms with E-state index < -0.39 is 4.92 Å². The van der Waals surface area contributed by atoms with Crippen molar-refractivity contribution in [2.24, 2.45) is 0 Å². The summed E-state index contributed by atoms with van der Waals surface area (Å²) in [6.07, 6.45) is 0. The number of nitrogens with one attached hydrogen (secondary N) is 2. The van der Waals surface area contributed by atoms with E-state index in [9.17, 15) is 14.9 Å². The van der Waals surface area contributed by atoms with Crippen molar-refractivity contribution in [3.63, 3.8) is 0 Å². The van der Waals surface area contributed by atoms with Crippen LogP contribution in [-0.4, -0.2) is 31.6 Å². The first-order chi connectivity index (χ1) is 12.3. The lowest BCUT2D eigenvalue weighted by molar-refractivity contribution is -0.385. The van der Waals surface area contributed by atoms with Gasteiger partial charge in [0, 0.05) is 23.5 Å². The van der Waals surface area contributed by atoms with Crippen LogP contribution in [0.2, 0.25) is 5.02 Å². The average Bonchev–Trinajstić information content (AvgIpc) is 2.61.